The van der Waals surface area contributed by atoms with Crippen molar-refractivity contribution in [3.05, 3.63) is 34.9 Å². The molecule has 0 spiro atoms. The minimum atomic E-state index is -4.83. The van der Waals surface area contributed by atoms with Crippen LogP contribution in [-0.4, -0.2) is 6.18 Å². The molecule has 1 atom stereocenters. The summed E-state index contributed by atoms with van der Waals surface area (Å²) in [6.07, 6.45) is -9.56. The molecule has 0 aliphatic heterocycles. The summed E-state index contributed by atoms with van der Waals surface area (Å²) in [6.45, 7) is 0. The molecule has 0 saturated heterocycles. The third-order valence-corrected chi connectivity index (χ3v) is 2.19. The Morgan fingerprint density at radius 2 is 1.67 bits per heavy atom. The first-order valence-corrected chi connectivity index (χ1v) is 4.51. The van der Waals surface area contributed by atoms with Crippen LogP contribution in [0.15, 0.2) is 18.2 Å². The van der Waals surface area contributed by atoms with Gasteiger partial charge in [0.1, 0.15) is 6.04 Å². The van der Waals surface area contributed by atoms with E-state index in [-0.39, 0.29) is 0 Å². The monoisotopic (exact) mass is 268 g/mol. The molecule has 0 aliphatic carbocycles. The fraction of sp³-hybridized carbons (Fsp3) is 0.300. The Labute approximate surface area is 97.6 Å². The standard InChI is InChI=1S/C10H6F6N2/c11-9(12,13)6-1-2-7(5(3-6)4-17)8(18)10(14,15)16/h1-3,8H,18H2/t8-/m0/s1. The number of rotatable bonds is 1. The van der Waals surface area contributed by atoms with E-state index in [0.717, 1.165) is 0 Å². The Hall–Kier alpha value is -1.75. The average Bonchev–Trinajstić information content (AvgIpc) is 2.24. The van der Waals surface area contributed by atoms with Crippen molar-refractivity contribution in [2.24, 2.45) is 5.73 Å². The van der Waals surface area contributed by atoms with Gasteiger partial charge in [-0.25, -0.2) is 0 Å². The second kappa shape index (κ2) is 4.49. The van der Waals surface area contributed by atoms with Gasteiger partial charge in [0, 0.05) is 0 Å². The second-order valence-electron chi connectivity index (χ2n) is 3.43. The molecular weight excluding hydrogens is 262 g/mol. The number of nitrogens with two attached hydrogens (primary N) is 1. The maximum Gasteiger partial charge on any atom is 0.416 e. The number of halogens is 6. The van der Waals surface area contributed by atoms with E-state index in [1.165, 1.54) is 6.07 Å². The minimum absolute atomic E-state index is 0.348. The highest BCUT2D eigenvalue weighted by Gasteiger charge is 2.40. The minimum Gasteiger partial charge on any atom is -0.316 e. The van der Waals surface area contributed by atoms with Gasteiger partial charge in [0.2, 0.25) is 0 Å². The topological polar surface area (TPSA) is 49.8 Å². The van der Waals surface area contributed by atoms with Gasteiger partial charge in [-0.2, -0.15) is 31.6 Å². The lowest BCUT2D eigenvalue weighted by atomic mass is 9.98. The molecule has 0 amide bonds. The van der Waals surface area contributed by atoms with E-state index in [4.69, 9.17) is 11.0 Å². The first kappa shape index (κ1) is 14.3. The van der Waals surface area contributed by atoms with Gasteiger partial charge in [0.15, 0.2) is 0 Å². The molecular formula is C10H6F6N2. The molecule has 0 fully saturated rings. The van der Waals surface area contributed by atoms with Crippen molar-refractivity contribution < 1.29 is 26.3 Å². The van der Waals surface area contributed by atoms with Gasteiger partial charge < -0.3 is 5.73 Å². The molecule has 1 rings (SSSR count). The summed E-state index contributed by atoms with van der Waals surface area (Å²) in [5.74, 6) is 0. The number of nitrogens with zero attached hydrogens (tertiary/aromatic N) is 1. The zero-order valence-corrected chi connectivity index (χ0v) is 8.60. The molecule has 1 aromatic rings. The maximum absolute atomic E-state index is 12.3. The predicted octanol–water partition coefficient (Wildman–Crippen LogP) is 3.14. The van der Waals surface area contributed by atoms with Crippen LogP contribution in [0.3, 0.4) is 0 Å². The van der Waals surface area contributed by atoms with Crippen molar-refractivity contribution in [3.63, 3.8) is 0 Å². The van der Waals surface area contributed by atoms with E-state index in [0.29, 0.717) is 18.2 Å². The van der Waals surface area contributed by atoms with Crippen LogP contribution in [0.2, 0.25) is 0 Å². The number of benzene rings is 1. The molecule has 1 aromatic carbocycles. The van der Waals surface area contributed by atoms with Crippen molar-refractivity contribution in [3.8, 4) is 6.07 Å². The lowest BCUT2D eigenvalue weighted by molar-refractivity contribution is -0.149. The molecule has 8 heteroatoms. The van der Waals surface area contributed by atoms with Crippen molar-refractivity contribution >= 4 is 0 Å². The van der Waals surface area contributed by atoms with Crippen LogP contribution in [-0.2, 0) is 6.18 Å². The highest BCUT2D eigenvalue weighted by molar-refractivity contribution is 5.43. The Morgan fingerprint density at radius 1 is 1.11 bits per heavy atom. The SMILES string of the molecule is N#Cc1cc(C(F)(F)F)ccc1[C@H](N)C(F)(F)F. The van der Waals surface area contributed by atoms with Crippen LogP contribution in [0.1, 0.15) is 22.7 Å². The fourth-order valence-electron chi connectivity index (χ4n) is 1.28. The molecule has 98 valence electrons. The molecule has 0 aromatic heterocycles. The molecule has 0 unspecified atom stereocenters. The smallest absolute Gasteiger partial charge is 0.316 e. The molecule has 0 heterocycles. The van der Waals surface area contributed by atoms with Crippen LogP contribution >= 0.6 is 0 Å². The van der Waals surface area contributed by atoms with Crippen LogP contribution in [0.5, 0.6) is 0 Å². The highest BCUT2D eigenvalue weighted by Crippen LogP contribution is 2.35. The Morgan fingerprint density at radius 3 is 2.06 bits per heavy atom. The highest BCUT2D eigenvalue weighted by atomic mass is 19.4. The van der Waals surface area contributed by atoms with Gasteiger partial charge >= 0.3 is 12.4 Å². The summed E-state index contributed by atoms with van der Waals surface area (Å²) in [6, 6.07) is 0.167. The van der Waals surface area contributed by atoms with Crippen molar-refractivity contribution in [2.45, 2.75) is 18.4 Å². The predicted molar refractivity (Wildman–Crippen MR) is 49.1 cm³/mol. The number of nitriles is 1. The second-order valence-corrected chi connectivity index (χ2v) is 3.43. The third-order valence-electron chi connectivity index (χ3n) is 2.19. The van der Waals surface area contributed by atoms with Gasteiger partial charge in [-0.15, -0.1) is 0 Å². The Kier molecular flexibility index (Phi) is 3.57. The summed E-state index contributed by atoms with van der Waals surface area (Å²) in [5.41, 5.74) is 2.23. The van der Waals surface area contributed by atoms with Crippen molar-refractivity contribution in [2.75, 3.05) is 0 Å². The molecule has 0 radical (unpaired) electrons. The third kappa shape index (κ3) is 2.92. The fourth-order valence-corrected chi connectivity index (χ4v) is 1.28. The Balaban J connectivity index is 3.30. The van der Waals surface area contributed by atoms with Gasteiger partial charge in [-0.1, -0.05) is 6.07 Å². The quantitative estimate of drug-likeness (QED) is 0.795. The maximum atomic E-state index is 12.3. The van der Waals surface area contributed by atoms with Crippen molar-refractivity contribution in [1.29, 1.82) is 5.26 Å². The number of hydrogen-bond donors (Lipinski definition) is 1. The zero-order valence-electron chi connectivity index (χ0n) is 8.60. The van der Waals surface area contributed by atoms with E-state index in [1.807, 2.05) is 0 Å². The van der Waals surface area contributed by atoms with Gasteiger partial charge in [-0.3, -0.25) is 0 Å². The molecule has 0 saturated carbocycles. The molecule has 2 N–H and O–H groups in total. The van der Waals surface area contributed by atoms with Crippen molar-refractivity contribution in [1.82, 2.24) is 0 Å². The largest absolute Gasteiger partial charge is 0.416 e. The summed E-state index contributed by atoms with van der Waals surface area (Å²) in [4.78, 5) is 0. The zero-order chi connectivity index (χ0) is 14.1. The van der Waals surface area contributed by atoms with E-state index in [9.17, 15) is 26.3 Å². The normalized spacial score (nSPS) is 14.1. The summed E-state index contributed by atoms with van der Waals surface area (Å²) < 4.78 is 73.9. The first-order valence-electron chi connectivity index (χ1n) is 4.51. The number of alkyl halides is 6. The lowest BCUT2D eigenvalue weighted by Crippen LogP contribution is -2.29. The van der Waals surface area contributed by atoms with Gasteiger partial charge in [0.05, 0.1) is 17.2 Å². The van der Waals surface area contributed by atoms with E-state index in [2.05, 4.69) is 0 Å². The molecule has 0 aliphatic rings. The van der Waals surface area contributed by atoms with Crippen LogP contribution < -0.4 is 5.73 Å². The number of hydrogen-bond acceptors (Lipinski definition) is 2. The van der Waals surface area contributed by atoms with Crippen LogP contribution in [0.25, 0.3) is 0 Å². The van der Waals surface area contributed by atoms with Crippen LogP contribution in [0, 0.1) is 11.3 Å². The molecule has 2 nitrogen and oxygen atoms in total. The molecule has 18 heavy (non-hydrogen) atoms. The van der Waals surface area contributed by atoms with E-state index in [1.54, 1.807) is 0 Å². The van der Waals surface area contributed by atoms with E-state index < -0.39 is 35.1 Å². The summed E-state index contributed by atoms with van der Waals surface area (Å²) in [7, 11) is 0. The Bertz CT molecular complexity index is 483. The average molecular weight is 268 g/mol. The molecule has 0 bridgehead atoms. The lowest BCUT2D eigenvalue weighted by Gasteiger charge is -2.18. The first-order chi connectivity index (χ1) is 8.07. The summed E-state index contributed by atoms with van der Waals surface area (Å²) in [5, 5.41) is 8.58. The van der Waals surface area contributed by atoms with Crippen LogP contribution in [0.4, 0.5) is 26.3 Å². The van der Waals surface area contributed by atoms with Gasteiger partial charge in [-0.05, 0) is 17.7 Å². The summed E-state index contributed by atoms with van der Waals surface area (Å²) >= 11 is 0. The van der Waals surface area contributed by atoms with Gasteiger partial charge in [0.25, 0.3) is 0 Å². The van der Waals surface area contributed by atoms with E-state index >= 15 is 0 Å².